The Bertz CT molecular complexity index is 3650. The number of phenols is 1. The van der Waals surface area contributed by atoms with Crippen molar-refractivity contribution in [3.05, 3.63) is 167 Å². The van der Waals surface area contributed by atoms with E-state index in [2.05, 4.69) is 188 Å². The summed E-state index contributed by atoms with van der Waals surface area (Å²) < 4.78 is 3.45. The highest BCUT2D eigenvalue weighted by Gasteiger charge is 2.34. The molecule has 10 nitrogen and oxygen atoms in total. The largest absolute Gasteiger partial charge is 1.00 e. The lowest BCUT2D eigenvalue weighted by Crippen LogP contribution is -3.00. The van der Waals surface area contributed by atoms with Crippen LogP contribution in [0, 0.1) is 20.8 Å². The third-order valence-electron chi connectivity index (χ3n) is 16.5. The second kappa shape index (κ2) is 26.3. The van der Waals surface area contributed by atoms with Crippen molar-refractivity contribution in [2.45, 2.75) is 79.1 Å². The second-order valence-corrected chi connectivity index (χ2v) is 26.9. The Hall–Kier alpha value is -5.40. The van der Waals surface area contributed by atoms with Gasteiger partial charge in [-0.25, -0.2) is 4.99 Å². The van der Waals surface area contributed by atoms with Gasteiger partial charge in [-0.2, -0.15) is 0 Å². The predicted octanol–water partition coefficient (Wildman–Crippen LogP) is -1.42. The van der Waals surface area contributed by atoms with Crippen molar-refractivity contribution in [1.82, 2.24) is 15.0 Å². The number of ketones is 1. The number of aromatic hydroxyl groups is 1. The lowest BCUT2D eigenvalue weighted by molar-refractivity contribution is -0.870. The molecule has 8 bridgehead atoms. The molecule has 3 aromatic heterocycles. The number of aromatic amines is 3. The van der Waals surface area contributed by atoms with Crippen LogP contribution in [-0.2, 0) is 24.1 Å². The molecule has 1 aliphatic carbocycles. The maximum Gasteiger partial charge on any atom is 0.187 e. The van der Waals surface area contributed by atoms with Gasteiger partial charge in [-0.15, -0.1) is 0 Å². The van der Waals surface area contributed by atoms with Crippen molar-refractivity contribution in [3.63, 3.8) is 0 Å². The number of aliphatic imine (C=N–C) groups is 1. The molecule has 4 N–H and O–H groups in total. The summed E-state index contributed by atoms with van der Waals surface area (Å²) in [7, 11) is 27.2. The molecule has 2 aliphatic heterocycles. The highest BCUT2D eigenvalue weighted by atomic mass is 35.5. The van der Waals surface area contributed by atoms with Crippen LogP contribution >= 0.6 is 0 Å². The fraction of sp³-hybridized carbons (Fsp3) is 0.412. The first-order valence-corrected chi connectivity index (χ1v) is 28.6. The predicted molar refractivity (Wildman–Crippen MR) is 328 cm³/mol. The molecule has 14 heteroatoms. The van der Waals surface area contributed by atoms with Gasteiger partial charge in [0.05, 0.1) is 139 Å². The molecule has 0 amide bonds. The molecule has 0 saturated heterocycles. The molecule has 82 heavy (non-hydrogen) atoms. The van der Waals surface area contributed by atoms with E-state index in [1.807, 2.05) is 18.2 Å². The van der Waals surface area contributed by atoms with Gasteiger partial charge in [0.25, 0.3) is 0 Å². The Balaban J connectivity index is 0.00000308. The normalized spacial score (nSPS) is 17.0. The van der Waals surface area contributed by atoms with E-state index in [-0.39, 0.29) is 61.2 Å². The van der Waals surface area contributed by atoms with Crippen molar-refractivity contribution in [1.29, 1.82) is 0 Å². The third-order valence-corrected chi connectivity index (χ3v) is 16.5. The third kappa shape index (κ3) is 14.6. The van der Waals surface area contributed by atoms with Crippen LogP contribution in [0.15, 0.2) is 88.6 Å². The van der Waals surface area contributed by atoms with Gasteiger partial charge < -0.3 is 87.6 Å². The number of quaternary nitrogens is 4. The van der Waals surface area contributed by atoms with Gasteiger partial charge >= 0.3 is 0 Å². The van der Waals surface area contributed by atoms with Gasteiger partial charge in [0.15, 0.2) is 5.78 Å². The molecule has 3 aliphatic rings. The summed E-state index contributed by atoms with van der Waals surface area (Å²) >= 11 is 0. The van der Waals surface area contributed by atoms with E-state index in [4.69, 9.17) is 4.99 Å². The molecule has 6 aromatic rings. The number of allylic oxidation sites excluding steroid dienone is 5. The van der Waals surface area contributed by atoms with E-state index < -0.39 is 0 Å². The first-order chi connectivity index (χ1) is 36.7. The molecule has 0 fully saturated rings. The summed E-state index contributed by atoms with van der Waals surface area (Å²) in [5, 5.41) is 16.6. The maximum atomic E-state index is 15.0. The number of carbonyl (C=O) groups excluding carboxylic acids is 1. The highest BCUT2D eigenvalue weighted by Crippen LogP contribution is 2.44. The van der Waals surface area contributed by atoms with Crippen molar-refractivity contribution in [2.24, 2.45) is 4.99 Å². The molecule has 9 rings (SSSR count). The summed E-state index contributed by atoms with van der Waals surface area (Å²) in [6, 6.07) is 20.7. The molecule has 0 unspecified atom stereocenters. The van der Waals surface area contributed by atoms with Crippen LogP contribution in [-0.4, -0.2) is 160 Å². The standard InChI is InChI=1S/C68H88N8O2.4ClH/c1-43-49(29-21-37-73(5,6)7)55-41-56-51(31-23-39-75(11,12)13)45(3)67(71-56)64(62-54-28-20-18-26-48(54)34-36-60(62)78)68-46(4)52(32-24-40-76(14,15)16)58(72-68)42-57-50(30-22-38-74(8,9)10)44(2)66(70-57)63(65(43)69-55)61-53-27-19-17-25-47(53)33-35-59(61)77;;;;/h17-20,25-28,33-36,41-42H,21-24,29-32,37-40H2,1-16H3,(H2-2,69,70,71,72,77,78);4*1H/q+2;;;;/p-2/b55-41-,56-41?,57-42?,58-42-,65-63-,66-63?,67-64?,68-64?;;;;. The van der Waals surface area contributed by atoms with E-state index in [1.54, 1.807) is 6.08 Å². The van der Waals surface area contributed by atoms with Crippen molar-refractivity contribution >= 4 is 57.2 Å². The number of rotatable bonds is 17. The van der Waals surface area contributed by atoms with Gasteiger partial charge in [0, 0.05) is 64.7 Å². The number of benzene rings is 3. The Labute approximate surface area is 514 Å². The summed E-state index contributed by atoms with van der Waals surface area (Å²) in [6.45, 7) is 13.1. The first kappa shape index (κ1) is 67.4. The van der Waals surface area contributed by atoms with Gasteiger partial charge in [-0.3, -0.25) is 4.79 Å². The minimum Gasteiger partial charge on any atom is -1.00 e. The number of fused-ring (bicyclic) bond motifs is 9. The fourth-order valence-electron chi connectivity index (χ4n) is 12.3. The molecule has 0 atom stereocenters. The minimum absolute atomic E-state index is 0. The number of hydrogen-bond acceptors (Lipinski definition) is 3. The zero-order valence-electron chi connectivity index (χ0n) is 51.7. The summed E-state index contributed by atoms with van der Waals surface area (Å²) in [4.78, 5) is 33.3. The van der Waals surface area contributed by atoms with Crippen LogP contribution in [0.3, 0.4) is 0 Å². The van der Waals surface area contributed by atoms with Crippen LogP contribution in [0.5, 0.6) is 5.75 Å². The zero-order valence-corrected chi connectivity index (χ0v) is 54.7. The first-order valence-electron chi connectivity index (χ1n) is 28.6. The number of aromatic nitrogens is 3. The Morgan fingerprint density at radius 3 is 1.59 bits per heavy atom. The number of nitrogens with one attached hydrogen (secondary N) is 3. The number of H-pyrrole nitrogens is 3. The Morgan fingerprint density at radius 1 is 0.512 bits per heavy atom. The Morgan fingerprint density at radius 2 is 1.01 bits per heavy atom. The van der Waals surface area contributed by atoms with Crippen LogP contribution < -0.4 is 60.3 Å². The summed E-state index contributed by atoms with van der Waals surface area (Å²) in [6.07, 6.45) is 15.7. The van der Waals surface area contributed by atoms with Crippen molar-refractivity contribution < 1.29 is 77.5 Å². The van der Waals surface area contributed by atoms with Crippen molar-refractivity contribution in [3.8, 4) is 5.75 Å². The average molecular weight is 1190 g/mol. The van der Waals surface area contributed by atoms with E-state index in [9.17, 15) is 9.90 Å². The topological polar surface area (TPSA) is 97.0 Å². The van der Waals surface area contributed by atoms with E-state index in [0.29, 0.717) is 5.57 Å². The summed E-state index contributed by atoms with van der Waals surface area (Å²) in [5.41, 5.74) is 20.6. The monoisotopic (exact) mass is 1190 g/mol. The molecule has 442 valence electrons. The Kier molecular flexibility index (Phi) is 21.6. The van der Waals surface area contributed by atoms with Crippen LogP contribution in [0.25, 0.3) is 45.7 Å². The van der Waals surface area contributed by atoms with Crippen LogP contribution in [0.2, 0.25) is 0 Å². The molecule has 0 saturated carbocycles. The minimum atomic E-state index is -0.0168. The van der Waals surface area contributed by atoms with E-state index >= 15 is 0 Å². The summed E-state index contributed by atoms with van der Waals surface area (Å²) in [5.74, 6) is 0.225. The van der Waals surface area contributed by atoms with E-state index in [1.165, 1.54) is 33.4 Å². The fourth-order valence-corrected chi connectivity index (χ4v) is 12.3. The molecular weight excluding hydrogens is 1100 g/mol. The van der Waals surface area contributed by atoms with E-state index in [0.717, 1.165) is 190 Å². The highest BCUT2D eigenvalue weighted by molar-refractivity contribution is 6.48. The molecule has 0 spiro atoms. The number of nitrogens with zero attached hydrogens (tertiary/aromatic N) is 5. The molecule has 3 aromatic carbocycles. The van der Waals surface area contributed by atoms with Gasteiger partial charge in [-0.05, 0) is 144 Å². The number of carbonyl (C=O) groups is 1. The lowest BCUT2D eigenvalue weighted by Gasteiger charge is -2.24. The van der Waals surface area contributed by atoms with Gasteiger partial charge in [0.1, 0.15) is 5.75 Å². The van der Waals surface area contributed by atoms with Crippen molar-refractivity contribution in [2.75, 3.05) is 111 Å². The number of halogens is 4. The molecule has 5 heterocycles. The SMILES string of the molecule is CC1=C(CCC[N+](C)(C)C)/C2=C/c3[nH]c(c(C)c3CCC[N+](C)(C)C)/C(c3c(O)ccc4ccccc34)=c3\[nH]/c(c(CCC[N+](C)(C)C)c3C)=C\c3[nH]c(c(C)c3CCC[N+](C)(C)C)/C(=C3/C(=O)C=Cc4ccccc43)C1=N2.[Cl-].[Cl-].[Cl-].[Cl-]. The smallest absolute Gasteiger partial charge is 0.187 e. The quantitative estimate of drug-likeness (QED) is 0.0668. The van der Waals surface area contributed by atoms with Gasteiger partial charge in [0.2, 0.25) is 0 Å². The lowest BCUT2D eigenvalue weighted by atomic mass is 9.83. The molecular formula is C68H90Cl4N8O2. The van der Waals surface area contributed by atoms with Crippen LogP contribution in [0.4, 0.5) is 0 Å². The molecule has 0 radical (unpaired) electrons. The number of hydrogen-bond donors (Lipinski definition) is 4. The van der Waals surface area contributed by atoms with Crippen LogP contribution in [0.1, 0.15) is 112 Å². The second-order valence-electron chi connectivity index (χ2n) is 26.9. The zero-order chi connectivity index (χ0) is 56.2. The number of phenolic OH excluding ortho intramolecular Hbond substituents is 1. The maximum absolute atomic E-state index is 15.0. The van der Waals surface area contributed by atoms with Gasteiger partial charge in [-0.1, -0.05) is 60.7 Å². The average Bonchev–Trinajstić information content (AvgIpc) is 4.03.